The fraction of sp³-hybridized carbons (Fsp3) is 1.00. The van der Waals surface area contributed by atoms with Crippen molar-refractivity contribution in [2.24, 2.45) is 0 Å². The number of hydrogen-bond donors (Lipinski definition) is 1. The van der Waals surface area contributed by atoms with Gasteiger partial charge in [0.2, 0.25) is 0 Å². The number of likely N-dealkylation sites (tertiary alicyclic amines) is 1. The maximum absolute atomic E-state index is 3.29. The van der Waals surface area contributed by atoms with Gasteiger partial charge in [-0.2, -0.15) is 0 Å². The summed E-state index contributed by atoms with van der Waals surface area (Å²) in [7, 11) is 2.21. The first-order valence-corrected chi connectivity index (χ1v) is 3.25. The van der Waals surface area contributed by atoms with Gasteiger partial charge in [-0.3, -0.25) is 4.90 Å². The van der Waals surface area contributed by atoms with Crippen LogP contribution in [0.3, 0.4) is 0 Å². The molecule has 0 aliphatic carbocycles. The third-order valence-electron chi connectivity index (χ3n) is 2.63. The molecule has 0 aromatic heterocycles. The molecule has 2 aliphatic heterocycles. The van der Waals surface area contributed by atoms with Gasteiger partial charge in [-0.15, -0.1) is 24.8 Å². The molecule has 2 nitrogen and oxygen atoms in total. The van der Waals surface area contributed by atoms with Crippen molar-refractivity contribution in [1.82, 2.24) is 10.2 Å². The van der Waals surface area contributed by atoms with Crippen LogP contribution in [0, 0.1) is 0 Å². The highest BCUT2D eigenvalue weighted by molar-refractivity contribution is 5.85. The van der Waals surface area contributed by atoms with Crippen LogP contribution < -0.4 is 5.32 Å². The van der Waals surface area contributed by atoms with E-state index in [-0.39, 0.29) is 24.8 Å². The summed E-state index contributed by atoms with van der Waals surface area (Å²) in [5.41, 5.74) is 0.625. The van der Waals surface area contributed by atoms with E-state index < -0.39 is 0 Å². The minimum atomic E-state index is 0. The van der Waals surface area contributed by atoms with Gasteiger partial charge < -0.3 is 5.32 Å². The fourth-order valence-corrected chi connectivity index (χ4v) is 1.51. The molecule has 0 bridgehead atoms. The van der Waals surface area contributed by atoms with Crippen molar-refractivity contribution in [3.8, 4) is 0 Å². The van der Waals surface area contributed by atoms with Crippen molar-refractivity contribution >= 4 is 24.8 Å². The minimum Gasteiger partial charge on any atom is -0.313 e. The van der Waals surface area contributed by atoms with Crippen LogP contribution in [0.25, 0.3) is 0 Å². The predicted molar refractivity (Wildman–Crippen MR) is 47.3 cm³/mol. The van der Waals surface area contributed by atoms with E-state index in [0.717, 1.165) is 0 Å². The third kappa shape index (κ3) is 1.14. The van der Waals surface area contributed by atoms with Crippen molar-refractivity contribution in [3.05, 3.63) is 0 Å². The Morgan fingerprint density at radius 1 is 1.30 bits per heavy atom. The van der Waals surface area contributed by atoms with E-state index in [4.69, 9.17) is 0 Å². The molecule has 0 radical (unpaired) electrons. The molecule has 2 rings (SSSR count). The van der Waals surface area contributed by atoms with Gasteiger partial charge in [-0.1, -0.05) is 0 Å². The number of hydrogen-bond acceptors (Lipinski definition) is 2. The summed E-state index contributed by atoms with van der Waals surface area (Å²) in [6.45, 7) is 3.76. The van der Waals surface area contributed by atoms with Crippen molar-refractivity contribution < 1.29 is 0 Å². The van der Waals surface area contributed by atoms with E-state index >= 15 is 0 Å². The zero-order chi connectivity index (χ0) is 5.61. The van der Waals surface area contributed by atoms with E-state index in [0.29, 0.717) is 5.54 Å². The molecule has 1 spiro atoms. The molecule has 0 saturated carbocycles. The molecule has 10 heavy (non-hydrogen) atoms. The summed E-state index contributed by atoms with van der Waals surface area (Å²) in [6, 6.07) is 0. The fourth-order valence-electron chi connectivity index (χ4n) is 1.51. The van der Waals surface area contributed by atoms with Crippen molar-refractivity contribution in [2.45, 2.75) is 12.0 Å². The lowest BCUT2D eigenvalue weighted by Gasteiger charge is -2.57. The summed E-state index contributed by atoms with van der Waals surface area (Å²) in [5.74, 6) is 0. The molecule has 2 aliphatic rings. The highest BCUT2D eigenvalue weighted by Gasteiger charge is 2.46. The molecular weight excluding hydrogens is 171 g/mol. The molecule has 0 aromatic carbocycles. The SMILES string of the molecule is CN1CCC12CNC2.Cl.Cl. The second-order valence-corrected chi connectivity index (χ2v) is 3.00. The zero-order valence-electron chi connectivity index (χ0n) is 6.09. The van der Waals surface area contributed by atoms with Crippen LogP contribution in [0.1, 0.15) is 6.42 Å². The summed E-state index contributed by atoms with van der Waals surface area (Å²) < 4.78 is 0. The lowest BCUT2D eigenvalue weighted by atomic mass is 9.80. The van der Waals surface area contributed by atoms with Gasteiger partial charge in [0.25, 0.3) is 0 Å². The Morgan fingerprint density at radius 3 is 1.90 bits per heavy atom. The number of likely N-dealkylation sites (N-methyl/N-ethyl adjacent to an activating group) is 1. The summed E-state index contributed by atoms with van der Waals surface area (Å²) in [6.07, 6.45) is 1.41. The molecule has 0 atom stereocenters. The van der Waals surface area contributed by atoms with Crippen LogP contribution in [0.15, 0.2) is 0 Å². The average Bonchev–Trinajstić information content (AvgIpc) is 1.58. The van der Waals surface area contributed by atoms with Crippen LogP contribution in [0.4, 0.5) is 0 Å². The smallest absolute Gasteiger partial charge is 0.0467 e. The first-order valence-electron chi connectivity index (χ1n) is 3.25. The molecular formula is C6H14Cl2N2. The Bertz CT molecular complexity index is 109. The van der Waals surface area contributed by atoms with Crippen LogP contribution in [-0.4, -0.2) is 37.1 Å². The van der Waals surface area contributed by atoms with Crippen LogP contribution in [0.5, 0.6) is 0 Å². The molecule has 0 aromatic rings. The Morgan fingerprint density at radius 2 is 1.90 bits per heavy atom. The van der Waals surface area contributed by atoms with Gasteiger partial charge in [-0.25, -0.2) is 0 Å². The second kappa shape index (κ2) is 3.26. The molecule has 0 amide bonds. The Hall–Kier alpha value is 0.500. The maximum atomic E-state index is 3.29. The van der Waals surface area contributed by atoms with Crippen molar-refractivity contribution in [1.29, 1.82) is 0 Å². The van der Waals surface area contributed by atoms with Gasteiger partial charge in [-0.05, 0) is 13.5 Å². The van der Waals surface area contributed by atoms with Crippen LogP contribution >= 0.6 is 24.8 Å². The van der Waals surface area contributed by atoms with Gasteiger partial charge in [0.15, 0.2) is 0 Å². The van der Waals surface area contributed by atoms with E-state index in [1.807, 2.05) is 0 Å². The second-order valence-electron chi connectivity index (χ2n) is 3.00. The minimum absolute atomic E-state index is 0. The van der Waals surface area contributed by atoms with Gasteiger partial charge in [0.05, 0.1) is 0 Å². The monoisotopic (exact) mass is 184 g/mol. The first kappa shape index (κ1) is 10.5. The maximum Gasteiger partial charge on any atom is 0.0467 e. The zero-order valence-corrected chi connectivity index (χ0v) is 7.73. The van der Waals surface area contributed by atoms with Gasteiger partial charge >= 0.3 is 0 Å². The lowest BCUT2D eigenvalue weighted by molar-refractivity contribution is -0.0312. The normalized spacial score (nSPS) is 27.3. The highest BCUT2D eigenvalue weighted by atomic mass is 35.5. The quantitative estimate of drug-likeness (QED) is 0.591. The molecule has 4 heteroatoms. The van der Waals surface area contributed by atoms with Gasteiger partial charge in [0.1, 0.15) is 0 Å². The number of nitrogens with one attached hydrogen (secondary N) is 1. The van der Waals surface area contributed by atoms with E-state index in [2.05, 4.69) is 17.3 Å². The summed E-state index contributed by atoms with van der Waals surface area (Å²) >= 11 is 0. The Kier molecular flexibility index (Phi) is 3.43. The Labute approximate surface area is 74.2 Å². The van der Waals surface area contributed by atoms with Crippen LogP contribution in [0.2, 0.25) is 0 Å². The van der Waals surface area contributed by atoms with E-state index in [1.54, 1.807) is 0 Å². The lowest BCUT2D eigenvalue weighted by Crippen LogP contribution is -2.74. The van der Waals surface area contributed by atoms with E-state index in [1.165, 1.54) is 26.1 Å². The molecule has 1 N–H and O–H groups in total. The number of halogens is 2. The van der Waals surface area contributed by atoms with Crippen molar-refractivity contribution in [2.75, 3.05) is 26.7 Å². The number of rotatable bonds is 0. The average molecular weight is 185 g/mol. The van der Waals surface area contributed by atoms with Crippen molar-refractivity contribution in [3.63, 3.8) is 0 Å². The molecule has 2 fully saturated rings. The summed E-state index contributed by atoms with van der Waals surface area (Å²) in [5, 5.41) is 3.29. The predicted octanol–water partition coefficient (Wildman–Crippen LogP) is 0.507. The summed E-state index contributed by atoms with van der Waals surface area (Å²) in [4.78, 5) is 2.45. The third-order valence-corrected chi connectivity index (χ3v) is 2.63. The number of nitrogens with zero attached hydrogens (tertiary/aromatic N) is 1. The standard InChI is InChI=1S/C6H12N2.2ClH/c1-8-3-2-6(8)4-7-5-6;;/h7H,2-5H2,1H3;2*1H. The Balaban J connectivity index is 0.000000405. The van der Waals surface area contributed by atoms with E-state index in [9.17, 15) is 0 Å². The topological polar surface area (TPSA) is 15.3 Å². The largest absolute Gasteiger partial charge is 0.313 e. The van der Waals surface area contributed by atoms with Crippen LogP contribution in [-0.2, 0) is 0 Å². The van der Waals surface area contributed by atoms with Gasteiger partial charge in [0, 0.05) is 25.2 Å². The highest BCUT2D eigenvalue weighted by Crippen LogP contribution is 2.31. The first-order chi connectivity index (χ1) is 3.83. The molecule has 2 saturated heterocycles. The molecule has 0 unspecified atom stereocenters. The molecule has 2 heterocycles. The molecule has 62 valence electrons.